The van der Waals surface area contributed by atoms with Gasteiger partial charge >= 0.3 is 0 Å². The van der Waals surface area contributed by atoms with Crippen molar-refractivity contribution in [2.45, 2.75) is 52.0 Å². The predicted octanol–water partition coefficient (Wildman–Crippen LogP) is 0.841. The van der Waals surface area contributed by atoms with E-state index in [9.17, 15) is 14.8 Å². The first-order valence-corrected chi connectivity index (χ1v) is 6.52. The SMILES string of the molecule is CCCCC[C@@H](C(=O)NCN)C(CC)N(O)C=O. The number of nitrogens with two attached hydrogens (primary N) is 1. The van der Waals surface area contributed by atoms with Crippen LogP contribution in [-0.4, -0.2) is 35.3 Å². The summed E-state index contributed by atoms with van der Waals surface area (Å²) in [7, 11) is 0. The Bertz CT molecular complexity index is 249. The Morgan fingerprint density at radius 2 is 2.11 bits per heavy atom. The molecule has 0 bridgehead atoms. The molecule has 4 N–H and O–H groups in total. The largest absolute Gasteiger partial charge is 0.343 e. The summed E-state index contributed by atoms with van der Waals surface area (Å²) in [4.78, 5) is 22.6. The van der Waals surface area contributed by atoms with Crippen molar-refractivity contribution in [2.24, 2.45) is 11.7 Å². The van der Waals surface area contributed by atoms with Gasteiger partial charge in [-0.05, 0) is 12.8 Å². The van der Waals surface area contributed by atoms with Crippen LogP contribution in [-0.2, 0) is 9.59 Å². The van der Waals surface area contributed by atoms with Crippen LogP contribution in [0.5, 0.6) is 0 Å². The predicted molar refractivity (Wildman–Crippen MR) is 68.6 cm³/mol. The van der Waals surface area contributed by atoms with Gasteiger partial charge in [0.2, 0.25) is 12.3 Å². The second kappa shape index (κ2) is 9.85. The minimum absolute atomic E-state index is 0.0616. The van der Waals surface area contributed by atoms with Crippen LogP contribution < -0.4 is 11.1 Å². The summed E-state index contributed by atoms with van der Waals surface area (Å²) in [5.41, 5.74) is 5.29. The third-order valence-corrected chi connectivity index (χ3v) is 3.06. The molecular formula is C12H25N3O3. The molecule has 0 aromatic rings. The molecule has 18 heavy (non-hydrogen) atoms. The third-order valence-electron chi connectivity index (χ3n) is 3.06. The van der Waals surface area contributed by atoms with Crippen molar-refractivity contribution in [1.29, 1.82) is 0 Å². The van der Waals surface area contributed by atoms with Crippen molar-refractivity contribution in [3.05, 3.63) is 0 Å². The summed E-state index contributed by atoms with van der Waals surface area (Å²) in [5, 5.41) is 12.7. The maximum absolute atomic E-state index is 11.9. The minimum atomic E-state index is -0.495. The molecule has 0 rings (SSSR count). The number of hydroxylamine groups is 2. The quantitative estimate of drug-likeness (QED) is 0.178. The molecule has 0 aliphatic heterocycles. The molecule has 0 saturated carbocycles. The zero-order valence-corrected chi connectivity index (χ0v) is 11.3. The molecule has 6 heteroatoms. The van der Waals surface area contributed by atoms with Gasteiger partial charge < -0.3 is 11.1 Å². The minimum Gasteiger partial charge on any atom is -0.343 e. The van der Waals surface area contributed by atoms with E-state index >= 15 is 0 Å². The van der Waals surface area contributed by atoms with Gasteiger partial charge in [-0.1, -0.05) is 33.1 Å². The van der Waals surface area contributed by atoms with Crippen LogP contribution in [0.4, 0.5) is 0 Å². The van der Waals surface area contributed by atoms with Gasteiger partial charge in [0.25, 0.3) is 0 Å². The number of rotatable bonds is 10. The van der Waals surface area contributed by atoms with Crippen molar-refractivity contribution in [3.8, 4) is 0 Å². The Hall–Kier alpha value is -1.14. The molecule has 106 valence electrons. The van der Waals surface area contributed by atoms with Gasteiger partial charge in [-0.2, -0.15) is 0 Å². The van der Waals surface area contributed by atoms with E-state index in [0.29, 0.717) is 24.3 Å². The van der Waals surface area contributed by atoms with Gasteiger partial charge in [0.05, 0.1) is 18.6 Å². The molecule has 0 aliphatic rings. The van der Waals surface area contributed by atoms with Gasteiger partial charge in [0.15, 0.2) is 0 Å². The van der Waals surface area contributed by atoms with Crippen LogP contribution in [0.25, 0.3) is 0 Å². The Kier molecular flexibility index (Phi) is 9.22. The molecule has 0 aromatic carbocycles. The van der Waals surface area contributed by atoms with Crippen LogP contribution >= 0.6 is 0 Å². The lowest BCUT2D eigenvalue weighted by molar-refractivity contribution is -0.168. The highest BCUT2D eigenvalue weighted by atomic mass is 16.5. The zero-order chi connectivity index (χ0) is 14.0. The van der Waals surface area contributed by atoms with E-state index in [1.54, 1.807) is 0 Å². The summed E-state index contributed by atoms with van der Waals surface area (Å²) < 4.78 is 0. The molecule has 0 saturated heterocycles. The molecule has 0 heterocycles. The molecule has 1 unspecified atom stereocenters. The van der Waals surface area contributed by atoms with Crippen LogP contribution in [0.15, 0.2) is 0 Å². The van der Waals surface area contributed by atoms with Gasteiger partial charge in [0, 0.05) is 0 Å². The molecule has 0 radical (unpaired) electrons. The monoisotopic (exact) mass is 259 g/mol. The fraction of sp³-hybridized carbons (Fsp3) is 0.833. The smallest absolute Gasteiger partial charge is 0.233 e. The van der Waals surface area contributed by atoms with Crippen molar-refractivity contribution in [1.82, 2.24) is 10.4 Å². The topological polar surface area (TPSA) is 95.7 Å². The molecule has 0 fully saturated rings. The van der Waals surface area contributed by atoms with Gasteiger partial charge in [0.1, 0.15) is 0 Å². The lowest BCUT2D eigenvalue weighted by Crippen LogP contribution is -2.46. The number of hydrogen-bond acceptors (Lipinski definition) is 4. The van der Waals surface area contributed by atoms with Gasteiger partial charge in [-0.25, -0.2) is 5.06 Å². The first kappa shape index (κ1) is 16.9. The van der Waals surface area contributed by atoms with Crippen LogP contribution in [0.2, 0.25) is 0 Å². The van der Waals surface area contributed by atoms with Crippen molar-refractivity contribution in [3.63, 3.8) is 0 Å². The summed E-state index contributed by atoms with van der Waals surface area (Å²) in [6.07, 6.45) is 4.47. The third kappa shape index (κ3) is 5.46. The normalized spacial score (nSPS) is 13.8. The van der Waals surface area contributed by atoms with Crippen molar-refractivity contribution >= 4 is 12.3 Å². The Morgan fingerprint density at radius 1 is 1.44 bits per heavy atom. The Balaban J connectivity index is 4.68. The average Bonchev–Trinajstić information content (AvgIpc) is 2.37. The van der Waals surface area contributed by atoms with Crippen molar-refractivity contribution in [2.75, 3.05) is 6.67 Å². The van der Waals surface area contributed by atoms with E-state index in [2.05, 4.69) is 12.2 Å². The average molecular weight is 259 g/mol. The molecule has 6 nitrogen and oxygen atoms in total. The van der Waals surface area contributed by atoms with E-state index < -0.39 is 12.0 Å². The summed E-state index contributed by atoms with van der Waals surface area (Å²) in [5.74, 6) is -0.623. The van der Waals surface area contributed by atoms with E-state index in [1.807, 2.05) is 6.92 Å². The number of unbranched alkanes of at least 4 members (excludes halogenated alkanes) is 2. The fourth-order valence-corrected chi connectivity index (χ4v) is 2.08. The molecular weight excluding hydrogens is 234 g/mol. The van der Waals surface area contributed by atoms with Crippen molar-refractivity contribution < 1.29 is 14.8 Å². The molecule has 0 aliphatic carbocycles. The van der Waals surface area contributed by atoms with Crippen LogP contribution in [0.1, 0.15) is 46.0 Å². The van der Waals surface area contributed by atoms with Crippen LogP contribution in [0.3, 0.4) is 0 Å². The Morgan fingerprint density at radius 3 is 2.56 bits per heavy atom. The lowest BCUT2D eigenvalue weighted by Gasteiger charge is -2.29. The first-order valence-electron chi connectivity index (χ1n) is 6.52. The number of nitrogens with zero attached hydrogens (tertiary/aromatic N) is 1. The van der Waals surface area contributed by atoms with E-state index in [0.717, 1.165) is 19.3 Å². The molecule has 2 amide bonds. The second-order valence-electron chi connectivity index (χ2n) is 4.31. The summed E-state index contributed by atoms with van der Waals surface area (Å²) in [6, 6.07) is -0.495. The number of carbonyl (C=O) groups excluding carboxylic acids is 2. The van der Waals surface area contributed by atoms with Crippen LogP contribution in [0, 0.1) is 5.92 Å². The van der Waals surface area contributed by atoms with E-state index in [-0.39, 0.29) is 12.6 Å². The standard InChI is InChI=1S/C12H25N3O3/c1-3-5-6-7-10(12(17)14-8-13)11(4-2)15(18)9-16/h9-11,18H,3-8,13H2,1-2H3,(H,14,17)/t10-,11?/m1/s1. The second-order valence-corrected chi connectivity index (χ2v) is 4.31. The van der Waals surface area contributed by atoms with E-state index in [1.165, 1.54) is 0 Å². The van der Waals surface area contributed by atoms with Gasteiger partial charge in [-0.3, -0.25) is 14.8 Å². The molecule has 0 spiro atoms. The highest BCUT2D eigenvalue weighted by Gasteiger charge is 2.30. The summed E-state index contributed by atoms with van der Waals surface area (Å²) in [6.45, 7) is 3.97. The highest BCUT2D eigenvalue weighted by Crippen LogP contribution is 2.20. The number of hydrogen-bond donors (Lipinski definition) is 3. The lowest BCUT2D eigenvalue weighted by atomic mass is 9.90. The maximum atomic E-state index is 11.9. The molecule has 2 atom stereocenters. The zero-order valence-electron chi connectivity index (χ0n) is 11.3. The number of amides is 2. The van der Waals surface area contributed by atoms with Gasteiger partial charge in [-0.15, -0.1) is 0 Å². The molecule has 0 aromatic heterocycles. The highest BCUT2D eigenvalue weighted by molar-refractivity contribution is 5.79. The summed E-state index contributed by atoms with van der Waals surface area (Å²) >= 11 is 0. The number of nitrogens with one attached hydrogen (secondary N) is 1. The fourth-order valence-electron chi connectivity index (χ4n) is 2.08. The number of carbonyl (C=O) groups is 2. The first-order chi connectivity index (χ1) is 8.62. The Labute approximate surface area is 108 Å². The van der Waals surface area contributed by atoms with E-state index in [4.69, 9.17) is 5.73 Å². The maximum Gasteiger partial charge on any atom is 0.233 e.